The van der Waals surface area contributed by atoms with Gasteiger partial charge in [0.1, 0.15) is 5.41 Å². The molecule has 1 spiro atoms. The molecule has 0 amide bonds. The number of benzene rings is 1. The monoisotopic (exact) mass is 316 g/mol. The summed E-state index contributed by atoms with van der Waals surface area (Å²) >= 11 is 3.04. The second-order valence-corrected chi connectivity index (χ2v) is 7.28. The molecule has 1 fully saturated rings. The van der Waals surface area contributed by atoms with Gasteiger partial charge in [0.05, 0.1) is 11.4 Å². The maximum atomic E-state index is 13.0. The van der Waals surface area contributed by atoms with E-state index < -0.39 is 11.5 Å². The van der Waals surface area contributed by atoms with Gasteiger partial charge in [0, 0.05) is 16.9 Å². The smallest absolute Gasteiger partial charge is 0.181 e. The van der Waals surface area contributed by atoms with Gasteiger partial charge in [-0.1, -0.05) is 24.3 Å². The molecule has 1 aromatic heterocycles. The van der Waals surface area contributed by atoms with E-state index in [4.69, 9.17) is 0 Å². The summed E-state index contributed by atoms with van der Waals surface area (Å²) in [5.74, 6) is -0.0417. The van der Waals surface area contributed by atoms with Crippen LogP contribution in [0.4, 0.5) is 0 Å². The highest BCUT2D eigenvalue weighted by molar-refractivity contribution is 8.00. The Kier molecular flexibility index (Phi) is 2.86. The molecule has 3 nitrogen and oxygen atoms in total. The Balaban J connectivity index is 1.94. The zero-order valence-electron chi connectivity index (χ0n) is 11.0. The van der Waals surface area contributed by atoms with E-state index in [1.165, 1.54) is 23.1 Å². The zero-order chi connectivity index (χ0) is 14.6. The van der Waals surface area contributed by atoms with Crippen molar-refractivity contribution in [1.82, 2.24) is 0 Å². The van der Waals surface area contributed by atoms with Gasteiger partial charge in [0.2, 0.25) is 0 Å². The van der Waals surface area contributed by atoms with Crippen molar-refractivity contribution in [2.45, 2.75) is 11.4 Å². The lowest BCUT2D eigenvalue weighted by Crippen LogP contribution is -2.45. The fourth-order valence-corrected chi connectivity index (χ4v) is 5.76. The van der Waals surface area contributed by atoms with E-state index in [1.807, 2.05) is 16.8 Å². The molecule has 2 aliphatic rings. The third kappa shape index (κ3) is 1.54. The van der Waals surface area contributed by atoms with Crippen LogP contribution in [-0.2, 0) is 0 Å². The second-order valence-electron chi connectivity index (χ2n) is 5.36. The molecule has 0 bridgehead atoms. The molecular weight excluding hydrogens is 304 g/mol. The first-order valence-electron chi connectivity index (χ1n) is 6.67. The van der Waals surface area contributed by atoms with Crippen molar-refractivity contribution in [3.63, 3.8) is 0 Å². The van der Waals surface area contributed by atoms with Gasteiger partial charge in [-0.15, -0.1) is 11.8 Å². The number of aliphatic hydroxyl groups is 1. The molecule has 21 heavy (non-hydrogen) atoms. The fourth-order valence-electron chi connectivity index (χ4n) is 3.38. The van der Waals surface area contributed by atoms with Crippen molar-refractivity contribution in [3.8, 4) is 0 Å². The highest BCUT2D eigenvalue weighted by atomic mass is 32.2. The summed E-state index contributed by atoms with van der Waals surface area (Å²) < 4.78 is 0. The Morgan fingerprint density at radius 1 is 1.10 bits per heavy atom. The van der Waals surface area contributed by atoms with Crippen LogP contribution in [0.3, 0.4) is 0 Å². The molecular formula is C16H12O3S2. The van der Waals surface area contributed by atoms with E-state index >= 15 is 0 Å². The number of hydrogen-bond donors (Lipinski definition) is 1. The lowest BCUT2D eigenvalue weighted by Gasteiger charge is -2.29. The Morgan fingerprint density at radius 2 is 1.76 bits per heavy atom. The molecule has 2 heterocycles. The molecule has 1 aliphatic carbocycles. The number of carbonyl (C=O) groups is 2. The predicted octanol–water partition coefficient (Wildman–Crippen LogP) is 2.96. The number of fused-ring (bicyclic) bond motifs is 1. The zero-order valence-corrected chi connectivity index (χ0v) is 12.6. The van der Waals surface area contributed by atoms with Crippen molar-refractivity contribution < 1.29 is 14.7 Å². The van der Waals surface area contributed by atoms with Crippen LogP contribution in [0, 0.1) is 5.41 Å². The van der Waals surface area contributed by atoms with E-state index in [0.717, 1.165) is 5.56 Å². The number of aliphatic hydroxyl groups excluding tert-OH is 1. The van der Waals surface area contributed by atoms with Gasteiger partial charge in [0.25, 0.3) is 0 Å². The quantitative estimate of drug-likeness (QED) is 0.822. The maximum absolute atomic E-state index is 13.0. The summed E-state index contributed by atoms with van der Waals surface area (Å²) in [6.07, 6.45) is -0.931. The SMILES string of the molecule is O=C1c2ccccc2C(=O)C12[C@@H](O)CS[C@H]2c1ccsc1. The summed E-state index contributed by atoms with van der Waals surface area (Å²) in [4.78, 5) is 25.9. The molecule has 1 aromatic carbocycles. The first kappa shape index (κ1) is 13.2. The molecule has 4 rings (SSSR count). The highest BCUT2D eigenvalue weighted by Crippen LogP contribution is 2.59. The molecule has 1 aliphatic heterocycles. The second kappa shape index (κ2) is 4.53. The van der Waals surface area contributed by atoms with Crippen LogP contribution in [0.25, 0.3) is 0 Å². The molecule has 0 saturated carbocycles. The molecule has 2 atom stereocenters. The average Bonchev–Trinajstić information content (AvgIpc) is 3.17. The summed E-state index contributed by atoms with van der Waals surface area (Å²) in [7, 11) is 0. The summed E-state index contributed by atoms with van der Waals surface area (Å²) in [6, 6.07) is 8.83. The Hall–Kier alpha value is -1.43. The first-order valence-corrected chi connectivity index (χ1v) is 8.67. The van der Waals surface area contributed by atoms with Gasteiger partial charge in [-0.05, 0) is 22.4 Å². The lowest BCUT2D eigenvalue weighted by atomic mass is 9.73. The van der Waals surface area contributed by atoms with Crippen molar-refractivity contribution in [2.24, 2.45) is 5.41 Å². The van der Waals surface area contributed by atoms with Crippen LogP contribution in [0.5, 0.6) is 0 Å². The lowest BCUT2D eigenvalue weighted by molar-refractivity contribution is 0.0388. The van der Waals surface area contributed by atoms with Gasteiger partial charge >= 0.3 is 0 Å². The first-order chi connectivity index (χ1) is 10.2. The van der Waals surface area contributed by atoms with Crippen molar-refractivity contribution in [1.29, 1.82) is 0 Å². The van der Waals surface area contributed by atoms with Crippen molar-refractivity contribution >= 4 is 34.7 Å². The number of thioether (sulfide) groups is 1. The van der Waals surface area contributed by atoms with Crippen molar-refractivity contribution in [3.05, 3.63) is 57.8 Å². The third-order valence-corrected chi connectivity index (χ3v) is 6.56. The van der Waals surface area contributed by atoms with Crippen LogP contribution < -0.4 is 0 Å². The number of thiophene rings is 1. The fraction of sp³-hybridized carbons (Fsp3) is 0.250. The number of ketones is 2. The van der Waals surface area contributed by atoms with Gasteiger partial charge in [-0.25, -0.2) is 0 Å². The van der Waals surface area contributed by atoms with Crippen LogP contribution in [0.15, 0.2) is 41.1 Å². The van der Waals surface area contributed by atoms with E-state index in [-0.39, 0.29) is 16.8 Å². The number of Topliss-reactive ketones (excluding diaryl/α,β-unsaturated/α-hetero) is 2. The topological polar surface area (TPSA) is 54.4 Å². The molecule has 5 heteroatoms. The van der Waals surface area contributed by atoms with Gasteiger partial charge in [0.15, 0.2) is 11.6 Å². The predicted molar refractivity (Wildman–Crippen MR) is 83.1 cm³/mol. The Labute approximate surface area is 130 Å². The van der Waals surface area contributed by atoms with E-state index in [0.29, 0.717) is 16.9 Å². The number of hydrogen-bond acceptors (Lipinski definition) is 5. The summed E-state index contributed by atoms with van der Waals surface area (Å²) in [5.41, 5.74) is 0.514. The third-order valence-electron chi connectivity index (χ3n) is 4.37. The summed E-state index contributed by atoms with van der Waals surface area (Å²) in [6.45, 7) is 0. The number of carbonyl (C=O) groups excluding carboxylic acids is 2. The van der Waals surface area contributed by atoms with Gasteiger partial charge in [-0.2, -0.15) is 11.3 Å². The minimum atomic E-state index is -1.34. The molecule has 106 valence electrons. The molecule has 0 unspecified atom stereocenters. The van der Waals surface area contributed by atoms with Crippen LogP contribution in [0.1, 0.15) is 31.5 Å². The van der Waals surface area contributed by atoms with Crippen molar-refractivity contribution in [2.75, 3.05) is 5.75 Å². The van der Waals surface area contributed by atoms with Gasteiger partial charge < -0.3 is 5.11 Å². The maximum Gasteiger partial charge on any atom is 0.181 e. The van der Waals surface area contributed by atoms with Crippen LogP contribution in [-0.4, -0.2) is 28.5 Å². The van der Waals surface area contributed by atoms with Gasteiger partial charge in [-0.3, -0.25) is 9.59 Å². The molecule has 0 radical (unpaired) electrons. The Morgan fingerprint density at radius 3 is 2.33 bits per heavy atom. The molecule has 1 saturated heterocycles. The van der Waals surface area contributed by atoms with E-state index in [9.17, 15) is 14.7 Å². The minimum Gasteiger partial charge on any atom is -0.391 e. The van der Waals surface area contributed by atoms with Crippen LogP contribution in [0.2, 0.25) is 0 Å². The van der Waals surface area contributed by atoms with E-state index in [2.05, 4.69) is 0 Å². The normalized spacial score (nSPS) is 26.5. The molecule has 2 aromatic rings. The molecule has 1 N–H and O–H groups in total. The minimum absolute atomic E-state index is 0.225. The standard InChI is InChI=1S/C16H12O3S2/c17-12-8-21-15(9-5-6-20-7-9)16(12)13(18)10-3-1-2-4-11(10)14(16)19/h1-7,12,15,17H,8H2/t12-,15-/m0/s1. The largest absolute Gasteiger partial charge is 0.391 e. The highest BCUT2D eigenvalue weighted by Gasteiger charge is 2.65. The average molecular weight is 316 g/mol. The Bertz CT molecular complexity index is 701. The summed E-state index contributed by atoms with van der Waals surface area (Å²) in [5, 5.41) is 14.1. The van der Waals surface area contributed by atoms with E-state index in [1.54, 1.807) is 24.3 Å². The van der Waals surface area contributed by atoms with Crippen LogP contribution >= 0.6 is 23.1 Å². The number of rotatable bonds is 1.